The molecule has 5 nitrogen and oxygen atoms in total. The smallest absolute Gasteiger partial charge is 0.119 e. The third-order valence-electron chi connectivity index (χ3n) is 7.05. The second kappa shape index (κ2) is 13.1. The Morgan fingerprint density at radius 3 is 2.75 bits per heavy atom. The maximum atomic E-state index is 7.85. The van der Waals surface area contributed by atoms with Crippen LogP contribution < -0.4 is 4.74 Å². The van der Waals surface area contributed by atoms with Crippen molar-refractivity contribution in [2.75, 3.05) is 13.7 Å². The number of rotatable bonds is 14. The summed E-state index contributed by atoms with van der Waals surface area (Å²) in [5.41, 5.74) is 7.36. The summed E-state index contributed by atoms with van der Waals surface area (Å²) in [5, 5.41) is 7.85. The summed E-state index contributed by atoms with van der Waals surface area (Å²) < 4.78 is 11.0. The first-order valence-electron chi connectivity index (χ1n) is 13.1. The van der Waals surface area contributed by atoms with Crippen molar-refractivity contribution < 1.29 is 9.26 Å². The number of hydrogen-bond acceptors (Lipinski definition) is 5. The van der Waals surface area contributed by atoms with Crippen LogP contribution in [0.25, 0.3) is 16.6 Å². The predicted octanol–water partition coefficient (Wildman–Crippen LogP) is 7.65. The average molecular weight is 504 g/mol. The lowest BCUT2D eigenvalue weighted by atomic mass is 9.89. The molecule has 6 heteroatoms. The number of benzene rings is 2. The van der Waals surface area contributed by atoms with Gasteiger partial charge >= 0.3 is 0 Å². The van der Waals surface area contributed by atoms with Gasteiger partial charge in [0.1, 0.15) is 5.75 Å². The Labute approximate surface area is 217 Å². The van der Waals surface area contributed by atoms with Gasteiger partial charge in [-0.1, -0.05) is 38.0 Å². The van der Waals surface area contributed by atoms with Gasteiger partial charge in [-0.3, -0.25) is 4.98 Å². The van der Waals surface area contributed by atoms with Crippen LogP contribution in [0, 0.1) is 5.41 Å². The Morgan fingerprint density at radius 2 is 2.03 bits per heavy atom. The maximum Gasteiger partial charge on any atom is 0.119 e. The number of hydrogen-bond donors (Lipinski definition) is 1. The van der Waals surface area contributed by atoms with Crippen LogP contribution >= 0.6 is 9.47 Å². The highest BCUT2D eigenvalue weighted by Crippen LogP contribution is 2.42. The number of aromatic nitrogens is 2. The summed E-state index contributed by atoms with van der Waals surface area (Å²) in [4.78, 5) is 9.53. The number of fused-ring (bicyclic) bond motifs is 1. The molecule has 3 aromatic rings. The standard InChI is InChI=1S/C30H38N3O2P/c1-3-4-5-6-25(19-31)30-20-32-28-12-11-24(18-29(28)33-30)23(13-14-35-36)8-7-21-15-26(22-9-10-22)17-27(16-21)34-2/h6,11-12,15-20,22-23,31H,3-5,7-10,13-14,36H2,1-2H3/b25-6+,31-19?. The first-order chi connectivity index (χ1) is 17.6. The number of nitrogens with zero attached hydrogens (tertiary/aromatic N) is 2. The fourth-order valence-corrected chi connectivity index (χ4v) is 4.89. The van der Waals surface area contributed by atoms with Gasteiger partial charge in [-0.15, -0.1) is 0 Å². The van der Waals surface area contributed by atoms with Crippen molar-refractivity contribution in [3.63, 3.8) is 0 Å². The number of aryl methyl sites for hydroxylation is 1. The van der Waals surface area contributed by atoms with Gasteiger partial charge in [0.25, 0.3) is 0 Å². The van der Waals surface area contributed by atoms with Gasteiger partial charge < -0.3 is 14.7 Å². The molecule has 1 aliphatic carbocycles. The average Bonchev–Trinajstić information content (AvgIpc) is 3.76. The van der Waals surface area contributed by atoms with Gasteiger partial charge in [0.15, 0.2) is 0 Å². The number of ether oxygens (including phenoxy) is 1. The summed E-state index contributed by atoms with van der Waals surface area (Å²) in [7, 11) is 4.12. The molecule has 1 heterocycles. The van der Waals surface area contributed by atoms with Gasteiger partial charge in [0.05, 0.1) is 36.6 Å². The zero-order valence-electron chi connectivity index (χ0n) is 21.5. The molecule has 1 saturated carbocycles. The Balaban J connectivity index is 1.57. The van der Waals surface area contributed by atoms with Crippen molar-refractivity contribution in [3.8, 4) is 5.75 Å². The van der Waals surface area contributed by atoms with Gasteiger partial charge in [-0.05, 0) is 91.3 Å². The van der Waals surface area contributed by atoms with Crippen LogP contribution in [0.2, 0.25) is 0 Å². The van der Waals surface area contributed by atoms with Crippen molar-refractivity contribution in [1.29, 1.82) is 5.41 Å². The largest absolute Gasteiger partial charge is 0.497 e. The molecule has 36 heavy (non-hydrogen) atoms. The third kappa shape index (κ3) is 6.99. The lowest BCUT2D eigenvalue weighted by Crippen LogP contribution is -2.05. The van der Waals surface area contributed by atoms with Crippen molar-refractivity contribution in [1.82, 2.24) is 9.97 Å². The Hall–Kier alpha value is -2.62. The highest BCUT2D eigenvalue weighted by Gasteiger charge is 2.24. The quantitative estimate of drug-likeness (QED) is 0.139. The minimum absolute atomic E-state index is 0.346. The van der Waals surface area contributed by atoms with E-state index in [0.29, 0.717) is 18.4 Å². The Kier molecular flexibility index (Phi) is 9.60. The molecule has 1 fully saturated rings. The van der Waals surface area contributed by atoms with Gasteiger partial charge in [-0.2, -0.15) is 0 Å². The lowest BCUT2D eigenvalue weighted by Gasteiger charge is -2.18. The second-order valence-corrected chi connectivity index (χ2v) is 10.1. The van der Waals surface area contributed by atoms with E-state index in [9.17, 15) is 0 Å². The van der Waals surface area contributed by atoms with Gasteiger partial charge in [0.2, 0.25) is 0 Å². The number of methoxy groups -OCH3 is 1. The van der Waals surface area contributed by atoms with E-state index in [0.717, 1.165) is 66.6 Å². The van der Waals surface area contributed by atoms with Crippen LogP contribution in [0.4, 0.5) is 0 Å². The summed E-state index contributed by atoms with van der Waals surface area (Å²) in [6, 6.07) is 13.2. The third-order valence-corrected chi connectivity index (χ3v) is 7.29. The molecule has 0 aliphatic heterocycles. The summed E-state index contributed by atoms with van der Waals surface area (Å²) in [6.45, 7) is 2.86. The van der Waals surface area contributed by atoms with E-state index < -0.39 is 0 Å². The molecule has 2 unspecified atom stereocenters. The van der Waals surface area contributed by atoms with E-state index in [1.165, 1.54) is 35.7 Å². The summed E-state index contributed by atoms with van der Waals surface area (Å²) >= 11 is 0. The monoisotopic (exact) mass is 503 g/mol. The molecule has 0 spiro atoms. The van der Waals surface area contributed by atoms with Gasteiger partial charge in [-0.25, -0.2) is 4.98 Å². The topological polar surface area (TPSA) is 68.1 Å². The SMILES string of the molecule is CCCC/C=C(\C=N)c1cnc2ccc(C(CCOP)CCc3cc(OC)cc(C4CC4)c3)cc2n1. The fourth-order valence-electron chi connectivity index (χ4n) is 4.75. The molecule has 0 bridgehead atoms. The molecule has 1 N–H and O–H groups in total. The molecule has 4 rings (SSSR count). The molecule has 190 valence electrons. The molecule has 1 aromatic heterocycles. The minimum Gasteiger partial charge on any atom is -0.497 e. The molecule has 0 saturated heterocycles. The zero-order chi connectivity index (χ0) is 25.3. The molecule has 0 amide bonds. The summed E-state index contributed by atoms with van der Waals surface area (Å²) in [5.74, 6) is 2.01. The van der Waals surface area contributed by atoms with Gasteiger partial charge in [0, 0.05) is 21.3 Å². The van der Waals surface area contributed by atoms with Crippen LogP contribution in [0.3, 0.4) is 0 Å². The maximum absolute atomic E-state index is 7.85. The molecular formula is C30H38N3O2P. The fraction of sp³-hybridized carbons (Fsp3) is 0.433. The lowest BCUT2D eigenvalue weighted by molar-refractivity contribution is 0.339. The molecule has 0 radical (unpaired) electrons. The molecule has 1 aliphatic rings. The van der Waals surface area contributed by atoms with Crippen LogP contribution in [0.15, 0.2) is 48.7 Å². The number of unbranched alkanes of at least 4 members (excludes halogenated alkanes) is 2. The van der Waals surface area contributed by atoms with Crippen LogP contribution in [-0.4, -0.2) is 29.9 Å². The zero-order valence-corrected chi connectivity index (χ0v) is 22.7. The first-order valence-corrected chi connectivity index (χ1v) is 13.6. The highest BCUT2D eigenvalue weighted by molar-refractivity contribution is 7.09. The number of allylic oxidation sites excluding steroid dienone is 2. The van der Waals surface area contributed by atoms with E-state index in [1.807, 2.05) is 0 Å². The van der Waals surface area contributed by atoms with Crippen molar-refractivity contribution in [3.05, 3.63) is 71.1 Å². The van der Waals surface area contributed by atoms with E-state index in [2.05, 4.69) is 63.8 Å². The Bertz CT molecular complexity index is 1210. The van der Waals surface area contributed by atoms with E-state index in [-0.39, 0.29) is 0 Å². The van der Waals surface area contributed by atoms with Crippen molar-refractivity contribution in [2.45, 2.75) is 70.1 Å². The van der Waals surface area contributed by atoms with E-state index in [4.69, 9.17) is 19.7 Å². The van der Waals surface area contributed by atoms with Crippen LogP contribution in [-0.2, 0) is 10.9 Å². The normalized spacial score (nSPS) is 14.7. The van der Waals surface area contributed by atoms with Crippen molar-refractivity contribution in [2.24, 2.45) is 0 Å². The van der Waals surface area contributed by atoms with Crippen molar-refractivity contribution >= 4 is 32.3 Å². The minimum atomic E-state index is 0.346. The van der Waals surface area contributed by atoms with Crippen LogP contribution in [0.1, 0.15) is 86.1 Å². The van der Waals surface area contributed by atoms with E-state index in [1.54, 1.807) is 13.3 Å². The highest BCUT2D eigenvalue weighted by atomic mass is 31.0. The first kappa shape index (κ1) is 26.4. The number of nitrogens with one attached hydrogen (secondary N) is 1. The molecule has 2 atom stereocenters. The predicted molar refractivity (Wildman–Crippen MR) is 152 cm³/mol. The second-order valence-electron chi connectivity index (χ2n) is 9.73. The molecule has 2 aromatic carbocycles. The summed E-state index contributed by atoms with van der Waals surface area (Å²) in [6.07, 6.45) is 14.0. The van der Waals surface area contributed by atoms with E-state index >= 15 is 0 Å². The Morgan fingerprint density at radius 1 is 1.17 bits per heavy atom. The van der Waals surface area contributed by atoms with Crippen LogP contribution in [0.5, 0.6) is 5.75 Å². The molecular weight excluding hydrogens is 465 g/mol.